The molecule has 2 atom stereocenters. The normalized spacial score (nSPS) is 20.4. The smallest absolute Gasteiger partial charge is 0.317 e. The number of urea groups is 1. The second kappa shape index (κ2) is 8.30. The monoisotopic (exact) mass is 341 g/mol. The third-order valence-corrected chi connectivity index (χ3v) is 5.11. The van der Waals surface area contributed by atoms with E-state index in [-0.39, 0.29) is 18.1 Å². The molecule has 1 aliphatic rings. The number of hydrogen-bond donors (Lipinski definition) is 2. The molecule has 5 heteroatoms. The van der Waals surface area contributed by atoms with Crippen molar-refractivity contribution in [2.24, 2.45) is 5.92 Å². The van der Waals surface area contributed by atoms with Crippen LogP contribution in [0.25, 0.3) is 10.9 Å². The molecule has 0 radical (unpaired) electrons. The minimum atomic E-state index is -0.272. The van der Waals surface area contributed by atoms with E-state index in [0.717, 1.165) is 48.6 Å². The molecule has 1 aliphatic carbocycles. The van der Waals surface area contributed by atoms with Gasteiger partial charge < -0.3 is 15.3 Å². The fraction of sp³-hybridized carbons (Fsp3) is 0.500. The summed E-state index contributed by atoms with van der Waals surface area (Å²) in [6, 6.07) is 10.0. The van der Waals surface area contributed by atoms with Crippen molar-refractivity contribution in [2.45, 2.75) is 38.2 Å². The molecule has 1 fully saturated rings. The first kappa shape index (κ1) is 17.7. The first-order chi connectivity index (χ1) is 12.1. The summed E-state index contributed by atoms with van der Waals surface area (Å²) < 4.78 is 0. The Morgan fingerprint density at radius 3 is 2.92 bits per heavy atom. The number of fused-ring (bicyclic) bond motifs is 1. The van der Waals surface area contributed by atoms with Crippen molar-refractivity contribution in [2.75, 3.05) is 20.1 Å². The Hall–Kier alpha value is -2.14. The summed E-state index contributed by atoms with van der Waals surface area (Å²) in [5.74, 6) is 0.201. The lowest BCUT2D eigenvalue weighted by Gasteiger charge is -2.31. The van der Waals surface area contributed by atoms with Crippen LogP contribution in [0.15, 0.2) is 36.5 Å². The van der Waals surface area contributed by atoms with E-state index in [1.165, 1.54) is 0 Å². The van der Waals surface area contributed by atoms with Gasteiger partial charge in [0.25, 0.3) is 0 Å². The van der Waals surface area contributed by atoms with E-state index in [0.29, 0.717) is 13.1 Å². The van der Waals surface area contributed by atoms with Gasteiger partial charge in [0.05, 0.1) is 11.6 Å². The average molecular weight is 341 g/mol. The van der Waals surface area contributed by atoms with Gasteiger partial charge in [-0.1, -0.05) is 37.1 Å². The number of hydrogen-bond acceptors (Lipinski definition) is 3. The summed E-state index contributed by atoms with van der Waals surface area (Å²) in [7, 11) is 1.80. The van der Waals surface area contributed by atoms with Crippen LogP contribution in [-0.4, -0.2) is 47.3 Å². The first-order valence-electron chi connectivity index (χ1n) is 9.15. The molecule has 0 aliphatic heterocycles. The van der Waals surface area contributed by atoms with Crippen molar-refractivity contribution < 1.29 is 9.90 Å². The van der Waals surface area contributed by atoms with Crippen molar-refractivity contribution in [3.63, 3.8) is 0 Å². The quantitative estimate of drug-likeness (QED) is 0.879. The Bertz CT molecular complexity index is 714. The molecule has 0 bridgehead atoms. The Morgan fingerprint density at radius 1 is 1.28 bits per heavy atom. The molecule has 0 saturated heterocycles. The fourth-order valence-corrected chi connectivity index (χ4v) is 3.64. The number of nitrogens with zero attached hydrogens (tertiary/aromatic N) is 2. The van der Waals surface area contributed by atoms with Crippen LogP contribution in [0.4, 0.5) is 4.79 Å². The summed E-state index contributed by atoms with van der Waals surface area (Å²) in [6.07, 6.45) is 6.37. The number of carbonyl (C=O) groups excluding carboxylic acids is 1. The number of amides is 2. The molecular formula is C20H27N3O2. The van der Waals surface area contributed by atoms with Crippen molar-refractivity contribution in [1.29, 1.82) is 0 Å². The Labute approximate surface area is 149 Å². The Morgan fingerprint density at radius 2 is 2.08 bits per heavy atom. The van der Waals surface area contributed by atoms with Gasteiger partial charge in [-0.25, -0.2) is 4.79 Å². The zero-order chi connectivity index (χ0) is 17.6. The van der Waals surface area contributed by atoms with E-state index in [4.69, 9.17) is 0 Å². The maximum Gasteiger partial charge on any atom is 0.317 e. The molecule has 25 heavy (non-hydrogen) atoms. The SMILES string of the molecule is CN(C[C@H]1CCCC[C@@H]1O)C(=O)NCCc1cccc2cccnc12. The lowest BCUT2D eigenvalue weighted by Crippen LogP contribution is -2.43. The lowest BCUT2D eigenvalue weighted by molar-refractivity contribution is 0.0565. The third kappa shape index (κ3) is 4.48. The second-order valence-electron chi connectivity index (χ2n) is 6.97. The molecule has 1 aromatic carbocycles. The van der Waals surface area contributed by atoms with Crippen LogP contribution in [0.3, 0.4) is 0 Å². The highest BCUT2D eigenvalue weighted by Gasteiger charge is 2.25. The number of aliphatic hydroxyl groups is 1. The van der Waals surface area contributed by atoms with Gasteiger partial charge in [-0.05, 0) is 30.9 Å². The minimum Gasteiger partial charge on any atom is -0.393 e. The maximum absolute atomic E-state index is 12.3. The largest absolute Gasteiger partial charge is 0.393 e. The average Bonchev–Trinajstić information content (AvgIpc) is 2.63. The zero-order valence-corrected chi connectivity index (χ0v) is 14.8. The number of benzene rings is 1. The molecule has 5 nitrogen and oxygen atoms in total. The molecule has 2 N–H and O–H groups in total. The number of rotatable bonds is 5. The molecule has 134 valence electrons. The van der Waals surface area contributed by atoms with E-state index in [1.54, 1.807) is 18.1 Å². The predicted octanol–water partition coefficient (Wildman–Crippen LogP) is 2.97. The zero-order valence-electron chi connectivity index (χ0n) is 14.8. The molecule has 2 aromatic rings. The highest BCUT2D eigenvalue weighted by molar-refractivity contribution is 5.81. The first-order valence-corrected chi connectivity index (χ1v) is 9.15. The number of nitrogens with one attached hydrogen (secondary N) is 1. The van der Waals surface area contributed by atoms with Crippen molar-refractivity contribution in [3.8, 4) is 0 Å². The predicted molar refractivity (Wildman–Crippen MR) is 99.4 cm³/mol. The number of carbonyl (C=O) groups is 1. The molecule has 0 unspecified atom stereocenters. The van der Waals surface area contributed by atoms with Crippen LogP contribution in [0.5, 0.6) is 0 Å². The van der Waals surface area contributed by atoms with Gasteiger partial charge in [-0.15, -0.1) is 0 Å². The second-order valence-corrected chi connectivity index (χ2v) is 6.97. The summed E-state index contributed by atoms with van der Waals surface area (Å²) >= 11 is 0. The number of aliphatic hydroxyl groups excluding tert-OH is 1. The summed E-state index contributed by atoms with van der Waals surface area (Å²) in [4.78, 5) is 18.4. The fourth-order valence-electron chi connectivity index (χ4n) is 3.64. The molecule has 1 aromatic heterocycles. The van der Waals surface area contributed by atoms with Crippen molar-refractivity contribution >= 4 is 16.9 Å². The number of aromatic nitrogens is 1. The molecular weight excluding hydrogens is 314 g/mol. The molecule has 3 rings (SSSR count). The standard InChI is InChI=1S/C20H27N3O2/c1-23(14-17-6-2-3-10-18(17)24)20(25)22-13-11-16-8-4-7-15-9-5-12-21-19(15)16/h4-5,7-9,12,17-18,24H,2-3,6,10-11,13-14H2,1H3,(H,22,25)/t17-,18+/m1/s1. The van der Waals surface area contributed by atoms with Crippen molar-refractivity contribution in [3.05, 3.63) is 42.1 Å². The van der Waals surface area contributed by atoms with Crippen LogP contribution < -0.4 is 5.32 Å². The van der Waals surface area contributed by atoms with Gasteiger partial charge >= 0.3 is 6.03 Å². The lowest BCUT2D eigenvalue weighted by atomic mass is 9.86. The summed E-state index contributed by atoms with van der Waals surface area (Å²) in [6.45, 7) is 1.19. The molecule has 1 heterocycles. The van der Waals surface area contributed by atoms with Crippen LogP contribution >= 0.6 is 0 Å². The highest BCUT2D eigenvalue weighted by atomic mass is 16.3. The minimum absolute atomic E-state index is 0.0778. The Balaban J connectivity index is 1.50. The maximum atomic E-state index is 12.3. The van der Waals surface area contributed by atoms with Gasteiger partial charge in [-0.3, -0.25) is 4.98 Å². The Kier molecular flexibility index (Phi) is 5.87. The summed E-state index contributed by atoms with van der Waals surface area (Å²) in [5, 5.41) is 14.2. The van der Waals surface area contributed by atoms with Crippen LogP contribution in [0.1, 0.15) is 31.2 Å². The van der Waals surface area contributed by atoms with Gasteiger partial charge in [0.2, 0.25) is 0 Å². The van der Waals surface area contributed by atoms with Crippen LogP contribution in [-0.2, 0) is 6.42 Å². The third-order valence-electron chi connectivity index (χ3n) is 5.11. The van der Waals surface area contributed by atoms with Gasteiger partial charge in [0, 0.05) is 37.6 Å². The molecule has 2 amide bonds. The number of para-hydroxylation sites is 1. The number of pyridine rings is 1. The van der Waals surface area contributed by atoms with E-state index < -0.39 is 0 Å². The summed E-state index contributed by atoms with van der Waals surface area (Å²) in [5.41, 5.74) is 2.14. The van der Waals surface area contributed by atoms with Crippen LogP contribution in [0, 0.1) is 5.92 Å². The topological polar surface area (TPSA) is 65.5 Å². The van der Waals surface area contributed by atoms with Gasteiger partial charge in [-0.2, -0.15) is 0 Å². The van der Waals surface area contributed by atoms with E-state index in [1.807, 2.05) is 24.3 Å². The molecule has 0 spiro atoms. The van der Waals surface area contributed by atoms with Gasteiger partial charge in [0.1, 0.15) is 0 Å². The molecule has 1 saturated carbocycles. The van der Waals surface area contributed by atoms with Crippen LogP contribution in [0.2, 0.25) is 0 Å². The van der Waals surface area contributed by atoms with Gasteiger partial charge in [0.15, 0.2) is 0 Å². The highest BCUT2D eigenvalue weighted by Crippen LogP contribution is 2.24. The van der Waals surface area contributed by atoms with E-state index in [9.17, 15) is 9.90 Å². The van der Waals surface area contributed by atoms with Crippen molar-refractivity contribution in [1.82, 2.24) is 15.2 Å². The van der Waals surface area contributed by atoms with E-state index in [2.05, 4.69) is 16.4 Å². The van der Waals surface area contributed by atoms with E-state index >= 15 is 0 Å².